The molecule has 0 heterocycles. The molecule has 2 heteroatoms. The number of benzene rings is 1. The lowest BCUT2D eigenvalue weighted by atomic mass is 10.0. The van der Waals surface area contributed by atoms with E-state index in [0.29, 0.717) is 13.0 Å². The predicted molar refractivity (Wildman–Crippen MR) is 62.0 cm³/mol. The highest BCUT2D eigenvalue weighted by atomic mass is 16.5. The maximum Gasteiger partial charge on any atom is 0.119 e. The third-order valence-corrected chi connectivity index (χ3v) is 2.20. The van der Waals surface area contributed by atoms with Gasteiger partial charge in [-0.3, -0.25) is 0 Å². The minimum atomic E-state index is -0.427. The molecule has 0 saturated carbocycles. The van der Waals surface area contributed by atoms with E-state index in [-0.39, 0.29) is 0 Å². The summed E-state index contributed by atoms with van der Waals surface area (Å²) in [7, 11) is 0. The average molecular weight is 206 g/mol. The van der Waals surface area contributed by atoms with Crippen LogP contribution >= 0.6 is 0 Å². The van der Waals surface area contributed by atoms with Gasteiger partial charge in [-0.1, -0.05) is 18.2 Å². The lowest BCUT2D eigenvalue weighted by Crippen LogP contribution is -1.98. The lowest BCUT2D eigenvalue weighted by molar-refractivity contribution is 0.168. The van der Waals surface area contributed by atoms with E-state index in [4.69, 9.17) is 4.74 Å². The molecule has 1 rings (SSSR count). The fourth-order valence-corrected chi connectivity index (χ4v) is 1.42. The van der Waals surface area contributed by atoms with Crippen molar-refractivity contribution in [1.29, 1.82) is 0 Å². The van der Waals surface area contributed by atoms with Crippen LogP contribution in [0.15, 0.2) is 36.9 Å². The van der Waals surface area contributed by atoms with Crippen LogP contribution in [-0.4, -0.2) is 11.7 Å². The van der Waals surface area contributed by atoms with E-state index in [1.807, 2.05) is 37.3 Å². The number of hydrogen-bond acceptors (Lipinski definition) is 2. The molecule has 1 N–H and O–H groups in total. The van der Waals surface area contributed by atoms with Crippen LogP contribution < -0.4 is 4.74 Å². The summed E-state index contributed by atoms with van der Waals surface area (Å²) in [6, 6.07) is 7.60. The van der Waals surface area contributed by atoms with E-state index in [9.17, 15) is 5.11 Å². The molecule has 0 aliphatic carbocycles. The molecule has 82 valence electrons. The van der Waals surface area contributed by atoms with E-state index < -0.39 is 6.10 Å². The molecular weight excluding hydrogens is 188 g/mol. The molecule has 0 saturated heterocycles. The summed E-state index contributed by atoms with van der Waals surface area (Å²) in [4.78, 5) is 0. The monoisotopic (exact) mass is 206 g/mol. The molecule has 0 aliphatic rings. The highest BCUT2D eigenvalue weighted by molar-refractivity contribution is 5.29. The fraction of sp³-hybridized carbons (Fsp3) is 0.385. The van der Waals surface area contributed by atoms with Crippen molar-refractivity contribution >= 4 is 0 Å². The molecule has 1 aromatic carbocycles. The summed E-state index contributed by atoms with van der Waals surface area (Å²) in [5.41, 5.74) is 0.905. The Morgan fingerprint density at radius 2 is 2.33 bits per heavy atom. The molecule has 0 amide bonds. The minimum Gasteiger partial charge on any atom is -0.494 e. The Labute approximate surface area is 91.2 Å². The first-order valence-electron chi connectivity index (χ1n) is 5.29. The van der Waals surface area contributed by atoms with Crippen LogP contribution in [0, 0.1) is 0 Å². The number of hydrogen-bond donors (Lipinski definition) is 1. The first kappa shape index (κ1) is 11.8. The third-order valence-electron chi connectivity index (χ3n) is 2.20. The second-order valence-corrected chi connectivity index (χ2v) is 3.39. The molecular formula is C13H18O2. The van der Waals surface area contributed by atoms with Gasteiger partial charge in [-0.05, 0) is 37.5 Å². The van der Waals surface area contributed by atoms with Crippen LogP contribution in [0.25, 0.3) is 0 Å². The first-order chi connectivity index (χ1) is 7.27. The van der Waals surface area contributed by atoms with Crippen molar-refractivity contribution < 1.29 is 9.84 Å². The zero-order valence-corrected chi connectivity index (χ0v) is 9.15. The third kappa shape index (κ3) is 3.76. The van der Waals surface area contributed by atoms with Gasteiger partial charge < -0.3 is 9.84 Å². The van der Waals surface area contributed by atoms with Gasteiger partial charge in [-0.15, -0.1) is 6.58 Å². The molecule has 0 fully saturated rings. The molecule has 0 aromatic heterocycles. The lowest BCUT2D eigenvalue weighted by Gasteiger charge is -2.11. The minimum absolute atomic E-state index is 0.427. The van der Waals surface area contributed by atoms with Crippen molar-refractivity contribution in [3.8, 4) is 5.75 Å². The van der Waals surface area contributed by atoms with E-state index in [2.05, 4.69) is 6.58 Å². The standard InChI is InChI=1S/C13H18O2/c1-3-5-9-13(14)11-7-6-8-12(10-11)15-4-2/h3,6-8,10,13-14H,1,4-5,9H2,2H3. The molecule has 0 spiro atoms. The Morgan fingerprint density at radius 1 is 1.53 bits per heavy atom. The van der Waals surface area contributed by atoms with E-state index in [1.54, 1.807) is 0 Å². The number of aliphatic hydroxyl groups is 1. The van der Waals surface area contributed by atoms with Crippen LogP contribution in [0.2, 0.25) is 0 Å². The van der Waals surface area contributed by atoms with E-state index in [1.165, 1.54) is 0 Å². The van der Waals surface area contributed by atoms with Crippen molar-refractivity contribution in [2.24, 2.45) is 0 Å². The summed E-state index contributed by atoms with van der Waals surface area (Å²) < 4.78 is 5.37. The summed E-state index contributed by atoms with van der Waals surface area (Å²) in [6.45, 7) is 6.23. The number of aliphatic hydroxyl groups excluding tert-OH is 1. The summed E-state index contributed by atoms with van der Waals surface area (Å²) >= 11 is 0. The number of allylic oxidation sites excluding steroid dienone is 1. The average Bonchev–Trinajstić information content (AvgIpc) is 2.27. The smallest absolute Gasteiger partial charge is 0.119 e. The van der Waals surface area contributed by atoms with Crippen molar-refractivity contribution in [3.63, 3.8) is 0 Å². The molecule has 2 nitrogen and oxygen atoms in total. The SMILES string of the molecule is C=CCCC(O)c1cccc(OCC)c1. The quantitative estimate of drug-likeness (QED) is 0.725. The van der Waals surface area contributed by atoms with Crippen LogP contribution in [-0.2, 0) is 0 Å². The molecule has 1 aromatic rings. The molecule has 1 unspecified atom stereocenters. The van der Waals surface area contributed by atoms with Gasteiger partial charge in [0.25, 0.3) is 0 Å². The Morgan fingerprint density at radius 3 is 3.00 bits per heavy atom. The van der Waals surface area contributed by atoms with Crippen molar-refractivity contribution in [3.05, 3.63) is 42.5 Å². The number of rotatable bonds is 6. The Hall–Kier alpha value is -1.28. The second kappa shape index (κ2) is 6.25. The van der Waals surface area contributed by atoms with E-state index >= 15 is 0 Å². The zero-order chi connectivity index (χ0) is 11.1. The normalized spacial score (nSPS) is 12.1. The second-order valence-electron chi connectivity index (χ2n) is 3.39. The van der Waals surface area contributed by atoms with Crippen molar-refractivity contribution in [2.45, 2.75) is 25.9 Å². The molecule has 0 aliphatic heterocycles. The Bertz CT molecular complexity index is 307. The Kier molecular flexibility index (Phi) is 4.91. The van der Waals surface area contributed by atoms with Gasteiger partial charge >= 0.3 is 0 Å². The molecule has 0 radical (unpaired) electrons. The maximum absolute atomic E-state index is 9.84. The van der Waals surface area contributed by atoms with Crippen LogP contribution in [0.1, 0.15) is 31.4 Å². The van der Waals surface area contributed by atoms with Crippen molar-refractivity contribution in [1.82, 2.24) is 0 Å². The molecule has 0 bridgehead atoms. The van der Waals surface area contributed by atoms with Gasteiger partial charge in [0, 0.05) is 0 Å². The van der Waals surface area contributed by atoms with Crippen molar-refractivity contribution in [2.75, 3.05) is 6.61 Å². The van der Waals surface area contributed by atoms with Crippen LogP contribution in [0.5, 0.6) is 5.75 Å². The highest BCUT2D eigenvalue weighted by Crippen LogP contribution is 2.22. The molecule has 15 heavy (non-hydrogen) atoms. The summed E-state index contributed by atoms with van der Waals surface area (Å²) in [6.07, 6.45) is 2.91. The summed E-state index contributed by atoms with van der Waals surface area (Å²) in [5, 5.41) is 9.84. The van der Waals surface area contributed by atoms with E-state index in [0.717, 1.165) is 17.7 Å². The van der Waals surface area contributed by atoms with Gasteiger partial charge in [-0.25, -0.2) is 0 Å². The van der Waals surface area contributed by atoms with Gasteiger partial charge in [0.1, 0.15) is 5.75 Å². The summed E-state index contributed by atoms with van der Waals surface area (Å²) in [5.74, 6) is 0.813. The Balaban J connectivity index is 2.66. The number of ether oxygens (including phenoxy) is 1. The predicted octanol–water partition coefficient (Wildman–Crippen LogP) is 3.08. The van der Waals surface area contributed by atoms with Gasteiger partial charge in [0.15, 0.2) is 0 Å². The van der Waals surface area contributed by atoms with Gasteiger partial charge in [0.2, 0.25) is 0 Å². The maximum atomic E-state index is 9.84. The van der Waals surface area contributed by atoms with Gasteiger partial charge in [-0.2, -0.15) is 0 Å². The highest BCUT2D eigenvalue weighted by Gasteiger charge is 2.06. The first-order valence-corrected chi connectivity index (χ1v) is 5.29. The largest absolute Gasteiger partial charge is 0.494 e. The van der Waals surface area contributed by atoms with Gasteiger partial charge in [0.05, 0.1) is 12.7 Å². The zero-order valence-electron chi connectivity index (χ0n) is 9.15. The molecule has 1 atom stereocenters. The topological polar surface area (TPSA) is 29.5 Å². The van der Waals surface area contributed by atoms with Crippen LogP contribution in [0.4, 0.5) is 0 Å². The fourth-order valence-electron chi connectivity index (χ4n) is 1.42. The van der Waals surface area contributed by atoms with Crippen LogP contribution in [0.3, 0.4) is 0 Å².